The van der Waals surface area contributed by atoms with Crippen LogP contribution in [0.2, 0.25) is 0 Å². The van der Waals surface area contributed by atoms with E-state index in [1.54, 1.807) is 0 Å². The summed E-state index contributed by atoms with van der Waals surface area (Å²) in [4.78, 5) is 10.5. The molecule has 2 nitrogen and oxygen atoms in total. The smallest absolute Gasteiger partial charge is 0.363 e. The molecule has 0 amide bonds. The van der Waals surface area contributed by atoms with Crippen molar-refractivity contribution in [3.63, 3.8) is 0 Å². The summed E-state index contributed by atoms with van der Waals surface area (Å²) in [6.45, 7) is 1.35. The predicted octanol–water partition coefficient (Wildman–Crippen LogP) is 2.31. The van der Waals surface area contributed by atoms with Gasteiger partial charge in [0.1, 0.15) is 0 Å². The van der Waals surface area contributed by atoms with Crippen molar-refractivity contribution >= 4 is 5.78 Å². The van der Waals surface area contributed by atoms with E-state index in [0.717, 1.165) is 0 Å². The molecule has 0 unspecified atom stereocenters. The number of ketones is 1. The summed E-state index contributed by atoms with van der Waals surface area (Å²) >= 11 is 0. The van der Waals surface area contributed by atoms with Crippen LogP contribution in [0.25, 0.3) is 0 Å². The van der Waals surface area contributed by atoms with Gasteiger partial charge in [-0.1, -0.05) is 6.92 Å². The number of carbonyl (C=O) groups excluding carboxylic acids is 1. The number of aliphatic hydroxyl groups excluding tert-OH is 1. The third-order valence-electron chi connectivity index (χ3n) is 1.26. The van der Waals surface area contributed by atoms with Gasteiger partial charge in [-0.05, 0) is 0 Å². The van der Waals surface area contributed by atoms with E-state index in [1.165, 1.54) is 6.92 Å². The van der Waals surface area contributed by atoms with Gasteiger partial charge in [0.05, 0.1) is 0 Å². The van der Waals surface area contributed by atoms with E-state index in [2.05, 4.69) is 0 Å². The van der Waals surface area contributed by atoms with Crippen LogP contribution in [0, 0.1) is 0 Å². The lowest BCUT2D eigenvalue weighted by molar-refractivity contribution is -0.124. The number of allylic oxidation sites excluding steroid dienone is 2. The van der Waals surface area contributed by atoms with Gasteiger partial charge in [0.2, 0.25) is 0 Å². The Morgan fingerprint density at radius 3 is 2.31 bits per heavy atom. The molecule has 76 valence electrons. The normalized spacial score (nSPS) is 13.5. The fourth-order valence-corrected chi connectivity index (χ4v) is 0.463. The van der Waals surface area contributed by atoms with Crippen LogP contribution in [0.5, 0.6) is 0 Å². The summed E-state index contributed by atoms with van der Waals surface area (Å²) in [7, 11) is 0. The summed E-state index contributed by atoms with van der Waals surface area (Å²) in [6, 6.07) is 0. The minimum absolute atomic E-state index is 0.117. The molecule has 0 bridgehead atoms. The molecule has 0 aromatic heterocycles. The van der Waals surface area contributed by atoms with Crippen LogP contribution in [0.4, 0.5) is 17.6 Å². The zero-order chi connectivity index (χ0) is 10.6. The standard InChI is InChI=1S/C7H8F4O2/c1-2-4(12)3-5(13)7(10,11)6(8)9/h3,6,13H,2H2,1H3/b5-3-. The Labute approximate surface area is 71.9 Å². The molecular weight excluding hydrogens is 192 g/mol. The quantitative estimate of drug-likeness (QED) is 0.429. The average molecular weight is 200 g/mol. The average Bonchev–Trinajstić information content (AvgIpc) is 2.03. The molecule has 0 aromatic carbocycles. The highest BCUT2D eigenvalue weighted by atomic mass is 19.3. The molecule has 0 saturated heterocycles. The Morgan fingerprint density at radius 2 is 2.00 bits per heavy atom. The van der Waals surface area contributed by atoms with Crippen LogP contribution in [0.1, 0.15) is 13.3 Å². The molecule has 1 N–H and O–H groups in total. The number of halogens is 4. The number of hydrogen-bond donors (Lipinski definition) is 1. The fraction of sp³-hybridized carbons (Fsp3) is 0.571. The number of alkyl halides is 4. The molecule has 0 aromatic rings. The van der Waals surface area contributed by atoms with Crippen molar-refractivity contribution in [2.24, 2.45) is 0 Å². The minimum Gasteiger partial charge on any atom is -0.506 e. The molecule has 0 aliphatic rings. The van der Waals surface area contributed by atoms with Crippen molar-refractivity contribution in [2.75, 3.05) is 0 Å². The predicted molar refractivity (Wildman–Crippen MR) is 37.0 cm³/mol. The van der Waals surface area contributed by atoms with Crippen LogP contribution in [0.15, 0.2) is 11.8 Å². The minimum atomic E-state index is -4.65. The first kappa shape index (κ1) is 11.9. The molecular formula is C7H8F4O2. The number of aliphatic hydroxyl groups is 1. The van der Waals surface area contributed by atoms with E-state index in [-0.39, 0.29) is 12.5 Å². The molecule has 0 atom stereocenters. The van der Waals surface area contributed by atoms with Crippen LogP contribution in [0.3, 0.4) is 0 Å². The van der Waals surface area contributed by atoms with Gasteiger partial charge in [-0.2, -0.15) is 8.78 Å². The summed E-state index contributed by atoms with van der Waals surface area (Å²) in [6.07, 6.45) is -4.04. The van der Waals surface area contributed by atoms with E-state index in [0.29, 0.717) is 0 Å². The van der Waals surface area contributed by atoms with Gasteiger partial charge in [0.25, 0.3) is 0 Å². The molecule has 13 heavy (non-hydrogen) atoms. The Kier molecular flexibility index (Phi) is 3.90. The van der Waals surface area contributed by atoms with Crippen molar-refractivity contribution < 1.29 is 27.5 Å². The fourth-order valence-electron chi connectivity index (χ4n) is 0.463. The van der Waals surface area contributed by atoms with E-state index in [4.69, 9.17) is 5.11 Å². The van der Waals surface area contributed by atoms with Gasteiger partial charge in [-0.3, -0.25) is 4.79 Å². The molecule has 0 aliphatic heterocycles. The first-order valence-electron chi connectivity index (χ1n) is 3.42. The third kappa shape index (κ3) is 3.04. The second kappa shape index (κ2) is 4.25. The number of rotatable bonds is 4. The van der Waals surface area contributed by atoms with E-state index < -0.39 is 23.9 Å². The topological polar surface area (TPSA) is 37.3 Å². The molecule has 0 heterocycles. The molecule has 0 saturated carbocycles. The highest BCUT2D eigenvalue weighted by molar-refractivity contribution is 5.89. The molecule has 0 rings (SSSR count). The molecule has 0 radical (unpaired) electrons. The number of carbonyl (C=O) groups is 1. The van der Waals surface area contributed by atoms with Crippen molar-refractivity contribution in [3.05, 3.63) is 11.8 Å². The molecule has 6 heteroatoms. The summed E-state index contributed by atoms with van der Waals surface area (Å²) in [5.74, 6) is -7.38. The maximum atomic E-state index is 12.2. The van der Waals surface area contributed by atoms with Gasteiger partial charge < -0.3 is 5.11 Å². The van der Waals surface area contributed by atoms with Crippen LogP contribution < -0.4 is 0 Å². The molecule has 0 aliphatic carbocycles. The van der Waals surface area contributed by atoms with Crippen molar-refractivity contribution in [2.45, 2.75) is 25.7 Å². The summed E-state index contributed by atoms with van der Waals surface area (Å²) in [5, 5.41) is 8.46. The second-order valence-electron chi connectivity index (χ2n) is 2.27. The largest absolute Gasteiger partial charge is 0.506 e. The monoisotopic (exact) mass is 200 g/mol. The lowest BCUT2D eigenvalue weighted by atomic mass is 10.2. The van der Waals surface area contributed by atoms with Gasteiger partial charge >= 0.3 is 12.3 Å². The van der Waals surface area contributed by atoms with E-state index in [9.17, 15) is 22.4 Å². The maximum absolute atomic E-state index is 12.2. The van der Waals surface area contributed by atoms with Crippen molar-refractivity contribution in [3.8, 4) is 0 Å². The van der Waals surface area contributed by atoms with Crippen LogP contribution in [-0.2, 0) is 4.79 Å². The third-order valence-corrected chi connectivity index (χ3v) is 1.26. The Balaban J connectivity index is 4.67. The van der Waals surface area contributed by atoms with Crippen LogP contribution in [-0.4, -0.2) is 23.2 Å². The highest BCUT2D eigenvalue weighted by Gasteiger charge is 2.45. The first-order chi connectivity index (χ1) is 5.82. The summed E-state index contributed by atoms with van der Waals surface area (Å²) in [5.41, 5.74) is 0. The van der Waals surface area contributed by atoms with E-state index in [1.807, 2.05) is 0 Å². The maximum Gasteiger partial charge on any atom is 0.363 e. The van der Waals surface area contributed by atoms with Gasteiger partial charge in [-0.15, -0.1) is 0 Å². The van der Waals surface area contributed by atoms with Crippen molar-refractivity contribution in [1.82, 2.24) is 0 Å². The lowest BCUT2D eigenvalue weighted by Crippen LogP contribution is -2.29. The van der Waals surface area contributed by atoms with Gasteiger partial charge in [0.15, 0.2) is 11.5 Å². The zero-order valence-electron chi connectivity index (χ0n) is 6.73. The van der Waals surface area contributed by atoms with Gasteiger partial charge in [-0.25, -0.2) is 8.78 Å². The Bertz CT molecular complexity index is 223. The van der Waals surface area contributed by atoms with E-state index >= 15 is 0 Å². The highest BCUT2D eigenvalue weighted by Crippen LogP contribution is 2.29. The first-order valence-corrected chi connectivity index (χ1v) is 3.42. The van der Waals surface area contributed by atoms with Gasteiger partial charge in [0, 0.05) is 12.5 Å². The summed E-state index contributed by atoms with van der Waals surface area (Å²) < 4.78 is 47.5. The molecule has 0 fully saturated rings. The second-order valence-corrected chi connectivity index (χ2v) is 2.27. The molecule has 0 spiro atoms. The Morgan fingerprint density at radius 1 is 1.54 bits per heavy atom. The van der Waals surface area contributed by atoms with Crippen LogP contribution >= 0.6 is 0 Å². The Hall–Kier alpha value is -1.07. The number of hydrogen-bond acceptors (Lipinski definition) is 2. The van der Waals surface area contributed by atoms with Crippen molar-refractivity contribution in [1.29, 1.82) is 0 Å². The lowest BCUT2D eigenvalue weighted by Gasteiger charge is -2.13. The SMILES string of the molecule is CCC(=O)/C=C(\O)C(F)(F)C(F)F. The zero-order valence-corrected chi connectivity index (χ0v) is 6.73.